The average Bonchev–Trinajstić information content (AvgIpc) is 3.26. The number of benzene rings is 1. The van der Waals surface area contributed by atoms with Crippen molar-refractivity contribution in [1.29, 1.82) is 0 Å². The second-order valence-corrected chi connectivity index (χ2v) is 20.2. The number of nitrogens with one attached hydrogen (secondary N) is 1. The average molecular weight is 956 g/mol. The van der Waals surface area contributed by atoms with Gasteiger partial charge in [-0.1, -0.05) is 51.1 Å². The zero-order valence-electron chi connectivity index (χ0n) is 42.2. The molecule has 0 aromatic heterocycles. The second kappa shape index (κ2) is 25.8. The van der Waals surface area contributed by atoms with Crippen molar-refractivity contribution in [3.05, 3.63) is 35.9 Å². The van der Waals surface area contributed by atoms with Gasteiger partial charge in [0.1, 0.15) is 30.0 Å². The predicted octanol–water partition coefficient (Wildman–Crippen LogP) is 2.72. The van der Waals surface area contributed by atoms with Crippen LogP contribution in [-0.2, 0) is 49.2 Å². The summed E-state index contributed by atoms with van der Waals surface area (Å²) >= 11 is 0. The molecule has 1 aromatic carbocycles. The SMILES string of the molecule is CC[C@H]1OC(=O)[C@H](C)[C@@H](O[C@H]2C[C@@](C)(OC)[C@@H](O)[C@H](C)O2)[C@H](C)[C@@H](O[C@@H]2O[C@H](C)C[C@H](N(C)C)[C@H]2O)[C@](C)(O)C[C@@H](C)CN(CCCNC(=O)Cc2ccccc2)[C@H](C)[C@@H](O)[C@]1(C)O.O=CO. The highest BCUT2D eigenvalue weighted by atomic mass is 16.7. The van der Waals surface area contributed by atoms with Crippen LogP contribution in [0.5, 0.6) is 0 Å². The molecule has 4 rings (SSSR count). The molecule has 18 atom stereocenters. The lowest BCUT2D eigenvalue weighted by Gasteiger charge is -2.48. The number of amides is 1. The normalized spacial score (nSPS) is 40.6. The quantitative estimate of drug-likeness (QED) is 0.0854. The van der Waals surface area contributed by atoms with Crippen LogP contribution in [0.1, 0.15) is 107 Å². The minimum absolute atomic E-state index is 0.105. The van der Waals surface area contributed by atoms with Crippen LogP contribution in [0, 0.1) is 17.8 Å². The summed E-state index contributed by atoms with van der Waals surface area (Å²) in [5, 5.41) is 69.6. The lowest BCUT2D eigenvalue weighted by molar-refractivity contribution is -0.318. The lowest BCUT2D eigenvalue weighted by atomic mass is 9.77. The number of hydrogen-bond donors (Lipinski definition) is 7. The highest BCUT2D eigenvalue weighted by Gasteiger charge is 2.53. The maximum Gasteiger partial charge on any atom is 0.311 e. The molecule has 3 fully saturated rings. The van der Waals surface area contributed by atoms with E-state index in [-0.39, 0.29) is 56.1 Å². The molecule has 18 nitrogen and oxygen atoms in total. The van der Waals surface area contributed by atoms with Crippen molar-refractivity contribution < 1.29 is 73.4 Å². The Morgan fingerprint density at radius 2 is 1.60 bits per heavy atom. The second-order valence-electron chi connectivity index (χ2n) is 20.2. The monoisotopic (exact) mass is 956 g/mol. The van der Waals surface area contributed by atoms with Gasteiger partial charge >= 0.3 is 5.97 Å². The van der Waals surface area contributed by atoms with Crippen LogP contribution in [-0.4, -0.2) is 190 Å². The van der Waals surface area contributed by atoms with Crippen molar-refractivity contribution in [3.63, 3.8) is 0 Å². The number of nitrogens with zero attached hydrogens (tertiary/aromatic N) is 2. The zero-order chi connectivity index (χ0) is 50.6. The maximum atomic E-state index is 14.5. The molecule has 0 saturated carbocycles. The molecule has 67 heavy (non-hydrogen) atoms. The van der Waals surface area contributed by atoms with Crippen LogP contribution in [0.2, 0.25) is 0 Å². The third-order valence-corrected chi connectivity index (χ3v) is 14.2. The molecular formula is C49H85N3O15. The first kappa shape index (κ1) is 58.5. The molecule has 18 heteroatoms. The molecular weight excluding hydrogens is 871 g/mol. The first-order valence-corrected chi connectivity index (χ1v) is 23.9. The number of rotatable bonds is 13. The van der Waals surface area contributed by atoms with E-state index in [2.05, 4.69) is 5.32 Å². The van der Waals surface area contributed by atoms with Crippen molar-refractivity contribution in [1.82, 2.24) is 15.1 Å². The Bertz CT molecular complexity index is 1660. The summed E-state index contributed by atoms with van der Waals surface area (Å²) in [5.41, 5.74) is -3.69. The van der Waals surface area contributed by atoms with Gasteiger partial charge in [-0.3, -0.25) is 19.3 Å². The molecule has 0 bridgehead atoms. The summed E-state index contributed by atoms with van der Waals surface area (Å²) in [5.74, 6) is -2.94. The van der Waals surface area contributed by atoms with E-state index >= 15 is 0 Å². The fourth-order valence-corrected chi connectivity index (χ4v) is 10.3. The number of cyclic esters (lactones) is 1. The van der Waals surface area contributed by atoms with Crippen LogP contribution < -0.4 is 5.32 Å². The van der Waals surface area contributed by atoms with Gasteiger partial charge in [-0.2, -0.15) is 0 Å². The summed E-state index contributed by atoms with van der Waals surface area (Å²) in [6, 6.07) is 8.51. The van der Waals surface area contributed by atoms with Gasteiger partial charge in [-0.25, -0.2) is 0 Å². The Labute approximate surface area is 398 Å². The van der Waals surface area contributed by atoms with Crippen molar-refractivity contribution >= 4 is 18.3 Å². The van der Waals surface area contributed by atoms with Crippen LogP contribution in [0.3, 0.4) is 0 Å². The summed E-state index contributed by atoms with van der Waals surface area (Å²) in [6.07, 6.45) is -8.13. The molecule has 7 N–H and O–H groups in total. The Morgan fingerprint density at radius 1 is 0.970 bits per heavy atom. The Balaban J connectivity index is 0.00000386. The molecule has 3 saturated heterocycles. The van der Waals surface area contributed by atoms with Gasteiger partial charge < -0.3 is 69.3 Å². The summed E-state index contributed by atoms with van der Waals surface area (Å²) in [7, 11) is 5.26. The molecule has 0 spiro atoms. The van der Waals surface area contributed by atoms with E-state index in [1.165, 1.54) is 14.0 Å². The van der Waals surface area contributed by atoms with Gasteiger partial charge in [0.25, 0.3) is 6.47 Å². The van der Waals surface area contributed by atoms with Crippen molar-refractivity contribution in [2.45, 2.75) is 198 Å². The van der Waals surface area contributed by atoms with Crippen LogP contribution in [0.15, 0.2) is 30.3 Å². The smallest absolute Gasteiger partial charge is 0.311 e. The molecule has 1 amide bonds. The third kappa shape index (κ3) is 15.6. The number of methoxy groups -OCH3 is 1. The predicted molar refractivity (Wildman–Crippen MR) is 250 cm³/mol. The molecule has 0 unspecified atom stereocenters. The fourth-order valence-electron chi connectivity index (χ4n) is 10.3. The summed E-state index contributed by atoms with van der Waals surface area (Å²) in [6.45, 7) is 18.5. The molecule has 0 radical (unpaired) electrons. The molecule has 0 aliphatic carbocycles. The number of carboxylic acid groups (broad SMARTS) is 1. The first-order valence-electron chi connectivity index (χ1n) is 23.9. The van der Waals surface area contributed by atoms with Gasteiger partial charge in [0.05, 0.1) is 48.0 Å². The number of carbonyl (C=O) groups is 3. The Hall–Kier alpha value is -2.85. The topological polar surface area (TPSA) is 246 Å². The van der Waals surface area contributed by atoms with Gasteiger partial charge in [0.15, 0.2) is 12.6 Å². The van der Waals surface area contributed by atoms with Gasteiger partial charge in [0, 0.05) is 51.2 Å². The third-order valence-electron chi connectivity index (χ3n) is 14.2. The number of ether oxygens (including phenoxy) is 6. The van der Waals surface area contributed by atoms with Gasteiger partial charge in [-0.05, 0) is 99.7 Å². The fraction of sp³-hybridized carbons (Fsp3) is 0.816. The van der Waals surface area contributed by atoms with E-state index in [9.17, 15) is 35.1 Å². The molecule has 1 aromatic rings. The van der Waals surface area contributed by atoms with Crippen LogP contribution in [0.25, 0.3) is 0 Å². The largest absolute Gasteiger partial charge is 0.483 e. The number of carbonyl (C=O) groups excluding carboxylic acids is 2. The van der Waals surface area contributed by atoms with Crippen LogP contribution >= 0.6 is 0 Å². The standard InChI is InChI=1S/C48H83N3O13.CH2O2/c1-14-36-48(10,58)41(54)32(6)51(22-18-21-49-37(52)24-34-19-16-15-17-20-34)27-28(2)25-46(8,57)43(64-45-39(53)35(50(11)12)23-29(3)60-45)30(4)40(31(5)44(56)62-36)63-38-26-47(9,59-13)42(55)33(7)61-38;2-1-3/h15-17,19-20,28-33,35-36,38-43,45,53-55,57-58H,14,18,21-27H2,1-13H3,(H,49,52);1H,(H,2,3)/t28-,29-,30+,31-,32-,33+,35+,36-,38+,39-,40+,41-,42+,43-,45+,46-,47-,48-;/m1./s1. The van der Waals surface area contributed by atoms with Crippen molar-refractivity contribution in [3.8, 4) is 0 Å². The van der Waals surface area contributed by atoms with E-state index in [4.69, 9.17) is 38.3 Å². The Kier molecular flexibility index (Phi) is 22.6. The number of aliphatic hydroxyl groups is 5. The molecule has 386 valence electrons. The minimum atomic E-state index is -1.90. The highest BCUT2D eigenvalue weighted by Crippen LogP contribution is 2.40. The van der Waals surface area contributed by atoms with Crippen molar-refractivity contribution in [2.75, 3.05) is 40.8 Å². The van der Waals surface area contributed by atoms with Gasteiger partial charge in [-0.15, -0.1) is 0 Å². The lowest BCUT2D eigenvalue weighted by Crippen LogP contribution is -2.60. The minimum Gasteiger partial charge on any atom is -0.483 e. The molecule has 3 heterocycles. The number of esters is 1. The summed E-state index contributed by atoms with van der Waals surface area (Å²) in [4.78, 5) is 39.6. The number of hydrogen-bond acceptors (Lipinski definition) is 16. The van der Waals surface area contributed by atoms with E-state index in [0.717, 1.165) is 5.56 Å². The van der Waals surface area contributed by atoms with E-state index in [1.54, 1.807) is 34.6 Å². The van der Waals surface area contributed by atoms with E-state index in [1.807, 2.05) is 81.9 Å². The highest BCUT2D eigenvalue weighted by molar-refractivity contribution is 5.78. The number of aliphatic hydroxyl groups excluding tert-OH is 3. The zero-order valence-corrected chi connectivity index (χ0v) is 42.2. The maximum absolute atomic E-state index is 14.5. The Morgan fingerprint density at radius 3 is 2.18 bits per heavy atom. The van der Waals surface area contributed by atoms with Crippen LogP contribution in [0.4, 0.5) is 0 Å². The molecule has 3 aliphatic heterocycles. The number of likely N-dealkylation sites (N-methyl/N-ethyl adjacent to an activating group) is 1. The van der Waals surface area contributed by atoms with Crippen molar-refractivity contribution in [2.24, 2.45) is 17.8 Å². The molecule has 3 aliphatic rings. The van der Waals surface area contributed by atoms with Gasteiger partial charge in [0.2, 0.25) is 5.91 Å². The van der Waals surface area contributed by atoms with E-state index in [0.29, 0.717) is 32.5 Å². The van der Waals surface area contributed by atoms with E-state index < -0.39 is 96.0 Å². The summed E-state index contributed by atoms with van der Waals surface area (Å²) < 4.78 is 38.0. The first-order chi connectivity index (χ1) is 31.3.